The van der Waals surface area contributed by atoms with Crippen molar-refractivity contribution in [3.63, 3.8) is 0 Å². The number of aliphatic hydroxyl groups is 1. The summed E-state index contributed by atoms with van der Waals surface area (Å²) in [5, 5.41) is 38.3. The number of nitrogens with zero attached hydrogens (tertiary/aromatic N) is 4. The van der Waals surface area contributed by atoms with E-state index in [0.29, 0.717) is 18.4 Å². The van der Waals surface area contributed by atoms with Gasteiger partial charge in [0.25, 0.3) is 5.91 Å². The number of hydrogen-bond donors (Lipinski definition) is 12. The molecule has 6 aliphatic heterocycles. The number of methoxy groups -OCH3 is 1. The number of hydrogen-bond acceptors (Lipinski definition) is 16. The van der Waals surface area contributed by atoms with Crippen molar-refractivity contribution in [2.45, 2.75) is 199 Å². The molecular weight excluding hydrogens is 1220 g/mol. The first kappa shape index (κ1) is 72.8. The van der Waals surface area contributed by atoms with Gasteiger partial charge in [0.2, 0.25) is 65.0 Å². The van der Waals surface area contributed by atoms with Gasteiger partial charge in [0.1, 0.15) is 66.1 Å². The molecule has 0 radical (unpaired) electrons. The largest absolute Gasteiger partial charge is 0.391 e. The molecule has 14 amide bonds. The number of carbonyl (C=O) groups excluding carboxylic acids is 13. The van der Waals surface area contributed by atoms with Crippen LogP contribution in [0.1, 0.15) is 125 Å². The van der Waals surface area contributed by atoms with Crippen molar-refractivity contribution in [3.05, 3.63) is 59.6 Å². The van der Waals surface area contributed by atoms with Gasteiger partial charge < -0.3 is 88.3 Å². The third-order valence-corrected chi connectivity index (χ3v) is 17.5. The monoisotopic (exact) mass is 1310 g/mol. The minimum atomic E-state index is -1.69. The zero-order chi connectivity index (χ0) is 68.8. The topological polar surface area (TPSA) is 411 Å². The fourth-order valence-electron chi connectivity index (χ4n) is 12.9. The Labute approximate surface area is 547 Å². The molecule has 0 spiro atoms. The molecule has 6 heterocycles. The van der Waals surface area contributed by atoms with Gasteiger partial charge in [-0.05, 0) is 93.1 Å². The highest BCUT2D eigenvalue weighted by Gasteiger charge is 2.47. The number of nitrogens with two attached hydrogens (primary N) is 1. The van der Waals surface area contributed by atoms with E-state index in [2.05, 4.69) is 53.2 Å². The number of fused-ring (bicyclic) bond motifs is 3. The Morgan fingerprint density at radius 1 is 0.670 bits per heavy atom. The third kappa shape index (κ3) is 18.8. The van der Waals surface area contributed by atoms with Crippen molar-refractivity contribution in [1.82, 2.24) is 72.8 Å². The molecule has 6 aliphatic rings. The van der Waals surface area contributed by atoms with E-state index in [1.54, 1.807) is 44.2 Å². The van der Waals surface area contributed by atoms with Gasteiger partial charge in [-0.3, -0.25) is 57.5 Å². The molecule has 30 heteroatoms. The Kier molecular flexibility index (Phi) is 25.5. The van der Waals surface area contributed by atoms with Crippen LogP contribution in [0.5, 0.6) is 0 Å². The van der Waals surface area contributed by atoms with Crippen LogP contribution in [0, 0.1) is 23.7 Å². The van der Waals surface area contributed by atoms with E-state index in [9.17, 15) is 53.1 Å². The summed E-state index contributed by atoms with van der Waals surface area (Å²) < 4.78 is 5.48. The molecule has 30 nitrogen and oxygen atoms in total. The number of amides is 14. The van der Waals surface area contributed by atoms with Crippen LogP contribution in [0.4, 0.5) is 4.79 Å². The predicted molar refractivity (Wildman–Crippen MR) is 339 cm³/mol. The number of likely N-dealkylation sites (tertiary alicyclic amines) is 1. The highest BCUT2D eigenvalue weighted by molar-refractivity contribution is 6.03. The van der Waals surface area contributed by atoms with Crippen molar-refractivity contribution in [2.75, 3.05) is 39.8 Å². The summed E-state index contributed by atoms with van der Waals surface area (Å²) in [5.74, 6) is -10.4. The number of carbonyl (C=O) groups is 13. The molecule has 13 N–H and O–H groups in total. The second-order valence-electron chi connectivity index (χ2n) is 26.7. The number of ether oxygens (including phenoxy) is 1. The summed E-state index contributed by atoms with van der Waals surface area (Å²) in [4.78, 5) is 191. The number of urea groups is 1. The molecule has 7 rings (SSSR count). The van der Waals surface area contributed by atoms with Crippen LogP contribution in [0.25, 0.3) is 0 Å². The Balaban J connectivity index is 1.29. The lowest BCUT2D eigenvalue weighted by Crippen LogP contribution is -2.60. The minimum Gasteiger partial charge on any atom is -0.391 e. The number of benzene rings is 1. The molecule has 0 aliphatic carbocycles. The molecule has 0 saturated carbocycles. The fraction of sp³-hybridized carbons (Fsp3) is 0.641. The van der Waals surface area contributed by atoms with Gasteiger partial charge in [-0.25, -0.2) is 4.79 Å². The van der Waals surface area contributed by atoms with Crippen molar-refractivity contribution in [1.29, 1.82) is 0 Å². The average Bonchev–Trinajstić information content (AvgIpc) is 1.64. The van der Waals surface area contributed by atoms with Crippen molar-refractivity contribution in [3.8, 4) is 0 Å². The first-order valence-electron chi connectivity index (χ1n) is 32.7. The Bertz CT molecular complexity index is 3070. The molecule has 94 heavy (non-hydrogen) atoms. The van der Waals surface area contributed by atoms with Crippen LogP contribution in [0.3, 0.4) is 0 Å². The summed E-state index contributed by atoms with van der Waals surface area (Å²) in [7, 11) is 1.28. The molecule has 0 bridgehead atoms. The second kappa shape index (κ2) is 32.9. The lowest BCUT2D eigenvalue weighted by atomic mass is 9.99. The van der Waals surface area contributed by atoms with Gasteiger partial charge in [0, 0.05) is 52.3 Å². The van der Waals surface area contributed by atoms with Crippen LogP contribution in [0.2, 0.25) is 0 Å². The maximum atomic E-state index is 15.4. The van der Waals surface area contributed by atoms with Gasteiger partial charge in [0.15, 0.2) is 6.23 Å². The highest BCUT2D eigenvalue weighted by atomic mass is 16.5. The number of nitrogens with one attached hydrogen (secondary N) is 10. The quantitative estimate of drug-likeness (QED) is 0.0719. The van der Waals surface area contributed by atoms with Gasteiger partial charge in [-0.2, -0.15) is 0 Å². The van der Waals surface area contributed by atoms with Gasteiger partial charge >= 0.3 is 6.03 Å². The van der Waals surface area contributed by atoms with Gasteiger partial charge in [0.05, 0.1) is 18.3 Å². The third-order valence-electron chi connectivity index (χ3n) is 17.5. The minimum absolute atomic E-state index is 0.00221. The maximum Gasteiger partial charge on any atom is 0.321 e. The van der Waals surface area contributed by atoms with E-state index in [4.69, 9.17) is 10.5 Å². The SMILES string of the molecule is COC1NC(=O)N/C1=C\[C@@H]1N/C=C(/C(=O)N2CCC[C@H]2C(=O)N[C@@H](CC(C)C)C(=O)N[C@@H](Cc2ccccc2)C(=O)NCC(N)=O)NC(=O)[C@H](C(C)C)NC(=O)[C@@H]2CCCN2C(=O)[C@@H]2CCCN2C(=O)[C@H](CC(C)C)NC(=O)[C@H](CC(C)C)NC(=O)[C@@H]2C[C@@H](O)CN2C1=O. The number of primary amides is 1. The van der Waals surface area contributed by atoms with Crippen LogP contribution >= 0.6 is 0 Å². The molecule has 0 aromatic heterocycles. The molecule has 12 atom stereocenters. The second-order valence-corrected chi connectivity index (χ2v) is 26.7. The van der Waals surface area contributed by atoms with E-state index >= 15 is 14.4 Å². The first-order chi connectivity index (χ1) is 44.5. The van der Waals surface area contributed by atoms with Crippen molar-refractivity contribution >= 4 is 76.9 Å². The average molecular weight is 1310 g/mol. The summed E-state index contributed by atoms with van der Waals surface area (Å²) in [6.45, 7) is 13.6. The molecule has 1 aromatic carbocycles. The van der Waals surface area contributed by atoms with Gasteiger partial charge in [-0.15, -0.1) is 0 Å². The van der Waals surface area contributed by atoms with E-state index in [1.807, 2.05) is 41.5 Å². The molecule has 1 unspecified atom stereocenters. The zero-order valence-corrected chi connectivity index (χ0v) is 55.1. The zero-order valence-electron chi connectivity index (χ0n) is 55.1. The first-order valence-corrected chi connectivity index (χ1v) is 32.7. The van der Waals surface area contributed by atoms with Crippen LogP contribution < -0.4 is 58.9 Å². The molecule has 516 valence electrons. The normalized spacial score (nSPS) is 27.6. The summed E-state index contributed by atoms with van der Waals surface area (Å²) >= 11 is 0. The molecule has 5 fully saturated rings. The fourth-order valence-corrected chi connectivity index (χ4v) is 12.9. The van der Waals surface area contributed by atoms with Crippen molar-refractivity contribution in [2.24, 2.45) is 29.4 Å². The number of aliphatic hydroxyl groups excluding tert-OH is 1. The maximum absolute atomic E-state index is 15.4. The Hall–Kier alpha value is -8.67. The Morgan fingerprint density at radius 3 is 1.94 bits per heavy atom. The standard InChI is InChI=1S/C64H95N15O15/c1-33(2)24-39(53(83)68-41(52(82)67-31-50(65)81)27-37-16-11-10-12-17-37)69-55(85)46-18-13-21-76(46)62(91)45-30-66-43(29-42-59(94-9)75-64(93)73-42)60(89)79-32-38(80)28-49(79)57(87)70-40(25-34(3)4)54(84)71-44(26-35(5)6)61(90)78-23-15-20-48(78)63(92)77-22-14-19-47(77)56(86)74-51(36(7)8)58(88)72-45/h10-12,16-17,29-30,33-36,38-41,43-44,46-49,51,59,66,80H,13-15,18-28,31-32H2,1-9H3,(H2,65,81)(H,67,82)(H,68,83)(H,69,85)(H,70,87)(H,71,84)(H,72,88)(H,74,86)(H2,73,75,93)/b42-29-,45-30-/t38-,39+,40+,41+,43+,44+,46+,47+,48+,49+,51+,59?/m1/s1. The highest BCUT2D eigenvalue weighted by Crippen LogP contribution is 2.29. The van der Waals surface area contributed by atoms with Gasteiger partial charge in [-0.1, -0.05) is 85.7 Å². The molecule has 1 aromatic rings. The van der Waals surface area contributed by atoms with Crippen LogP contribution in [-0.2, 0) is 68.7 Å². The van der Waals surface area contributed by atoms with E-state index in [0.717, 1.165) is 16.0 Å². The molecule has 5 saturated heterocycles. The lowest BCUT2D eigenvalue weighted by molar-refractivity contribution is -0.148. The van der Waals surface area contributed by atoms with E-state index in [-0.39, 0.29) is 101 Å². The molecular formula is C64H95N15O15. The summed E-state index contributed by atoms with van der Waals surface area (Å²) in [5.41, 5.74) is 5.40. The van der Waals surface area contributed by atoms with E-state index < -0.39 is 174 Å². The summed E-state index contributed by atoms with van der Waals surface area (Å²) in [6.07, 6.45) is 1.38. The lowest BCUT2D eigenvalue weighted by Gasteiger charge is -2.34. The number of rotatable bonds is 19. The predicted octanol–water partition coefficient (Wildman–Crippen LogP) is -1.92. The van der Waals surface area contributed by atoms with Crippen LogP contribution in [-0.4, -0.2) is 214 Å². The summed E-state index contributed by atoms with van der Waals surface area (Å²) in [6, 6.07) is -4.83. The Morgan fingerprint density at radius 2 is 1.30 bits per heavy atom. The van der Waals surface area contributed by atoms with Crippen molar-refractivity contribution < 1.29 is 72.2 Å². The van der Waals surface area contributed by atoms with Crippen LogP contribution in [0.15, 0.2) is 54.0 Å². The smallest absolute Gasteiger partial charge is 0.321 e. The van der Waals surface area contributed by atoms with E-state index in [1.165, 1.54) is 23.0 Å².